The summed E-state index contributed by atoms with van der Waals surface area (Å²) in [6.07, 6.45) is 9.23. The van der Waals surface area contributed by atoms with Gasteiger partial charge in [0.2, 0.25) is 5.71 Å². The molecule has 0 fully saturated rings. The molecule has 2 N–H and O–H groups in total. The number of anilines is 1. The van der Waals surface area contributed by atoms with Gasteiger partial charge in [-0.05, 0) is 32.3 Å². The lowest BCUT2D eigenvalue weighted by atomic mass is 10.00. The van der Waals surface area contributed by atoms with Crippen LogP contribution in [0.2, 0.25) is 0 Å². The number of nitrogens with zero attached hydrogens (tertiary/aromatic N) is 2. The Morgan fingerprint density at radius 1 is 1.19 bits per heavy atom. The van der Waals surface area contributed by atoms with Gasteiger partial charge in [-0.15, -0.1) is 0 Å². The lowest BCUT2D eigenvalue weighted by Crippen LogP contribution is -2.05. The number of nitrogens with one attached hydrogen (secondary N) is 1. The van der Waals surface area contributed by atoms with Crippen molar-refractivity contribution >= 4 is 22.5 Å². The van der Waals surface area contributed by atoms with E-state index in [0.717, 1.165) is 53.1 Å². The van der Waals surface area contributed by atoms with E-state index in [1.807, 2.05) is 49.4 Å². The predicted molar refractivity (Wildman–Crippen MR) is 111 cm³/mol. The number of hydrogen-bond donors (Lipinski definition) is 2. The van der Waals surface area contributed by atoms with E-state index < -0.39 is 0 Å². The van der Waals surface area contributed by atoms with E-state index in [1.165, 1.54) is 6.33 Å². The minimum Gasteiger partial charge on any atom is -0.437 e. The molecule has 0 spiro atoms. The van der Waals surface area contributed by atoms with Crippen LogP contribution < -0.4 is 5.32 Å². The van der Waals surface area contributed by atoms with E-state index in [2.05, 4.69) is 28.3 Å². The highest BCUT2D eigenvalue weighted by Crippen LogP contribution is 2.39. The normalized spacial score (nSPS) is 12.2. The van der Waals surface area contributed by atoms with Gasteiger partial charge in [-0.25, -0.2) is 9.97 Å². The maximum Gasteiger partial charge on any atom is 0.232 e. The molecule has 0 saturated carbocycles. The Morgan fingerprint density at radius 2 is 2.00 bits per heavy atom. The van der Waals surface area contributed by atoms with Crippen molar-refractivity contribution in [2.45, 2.75) is 26.7 Å². The number of aliphatic hydroxyl groups excluding tert-OH is 1. The minimum absolute atomic E-state index is 0.196. The Hall–Kier alpha value is -2.92. The summed E-state index contributed by atoms with van der Waals surface area (Å²) < 4.78 is 6.16. The number of rotatable bonds is 8. The van der Waals surface area contributed by atoms with Crippen LogP contribution in [0.1, 0.15) is 32.3 Å². The molecule has 0 aliphatic rings. The molecule has 3 rings (SSSR count). The number of aromatic nitrogens is 2. The van der Waals surface area contributed by atoms with E-state index in [9.17, 15) is 0 Å². The summed E-state index contributed by atoms with van der Waals surface area (Å²) in [5.74, 6) is 1.55. The van der Waals surface area contributed by atoms with Gasteiger partial charge in [-0.2, -0.15) is 0 Å². The molecule has 27 heavy (non-hydrogen) atoms. The lowest BCUT2D eigenvalue weighted by Gasteiger charge is -2.08. The Balaban J connectivity index is 2.15. The van der Waals surface area contributed by atoms with Gasteiger partial charge >= 0.3 is 0 Å². The largest absolute Gasteiger partial charge is 0.437 e. The summed E-state index contributed by atoms with van der Waals surface area (Å²) in [6.45, 7) is 4.99. The summed E-state index contributed by atoms with van der Waals surface area (Å²) in [5.41, 5.74) is 3.65. The van der Waals surface area contributed by atoms with Crippen LogP contribution in [0.25, 0.3) is 28.0 Å². The summed E-state index contributed by atoms with van der Waals surface area (Å²) in [5, 5.41) is 13.2. The van der Waals surface area contributed by atoms with E-state index in [0.29, 0.717) is 5.71 Å². The molecule has 5 nitrogen and oxygen atoms in total. The summed E-state index contributed by atoms with van der Waals surface area (Å²) >= 11 is 0. The Labute approximate surface area is 159 Å². The Kier molecular flexibility index (Phi) is 6.39. The van der Waals surface area contributed by atoms with Crippen molar-refractivity contribution in [3.63, 3.8) is 0 Å². The second-order valence-corrected chi connectivity index (χ2v) is 6.31. The number of hydrogen-bond acceptors (Lipinski definition) is 5. The number of fused-ring (bicyclic) bond motifs is 1. The molecule has 0 atom stereocenters. The van der Waals surface area contributed by atoms with Crippen LogP contribution in [0.15, 0.2) is 59.3 Å². The molecule has 5 heteroatoms. The minimum atomic E-state index is 0.196. The molecule has 1 aromatic carbocycles. The lowest BCUT2D eigenvalue weighted by molar-refractivity contribution is 0.286. The number of allylic oxidation sites excluding steroid dienone is 4. The maximum atomic E-state index is 8.98. The van der Waals surface area contributed by atoms with Crippen LogP contribution in [-0.2, 0) is 0 Å². The molecule has 2 heterocycles. The molecular formula is C22H25N3O2. The van der Waals surface area contributed by atoms with Gasteiger partial charge < -0.3 is 14.8 Å². The van der Waals surface area contributed by atoms with Crippen molar-refractivity contribution < 1.29 is 9.52 Å². The zero-order valence-electron chi connectivity index (χ0n) is 15.8. The monoisotopic (exact) mass is 363 g/mol. The van der Waals surface area contributed by atoms with Crippen molar-refractivity contribution in [2.24, 2.45) is 0 Å². The first-order valence-electron chi connectivity index (χ1n) is 9.24. The fourth-order valence-electron chi connectivity index (χ4n) is 3.00. The van der Waals surface area contributed by atoms with Gasteiger partial charge in [0.05, 0.1) is 5.39 Å². The van der Waals surface area contributed by atoms with E-state index in [1.54, 1.807) is 0 Å². The predicted octanol–water partition coefficient (Wildman–Crippen LogP) is 5.05. The van der Waals surface area contributed by atoms with E-state index >= 15 is 0 Å². The van der Waals surface area contributed by atoms with Crippen molar-refractivity contribution in [3.05, 3.63) is 60.5 Å². The second kappa shape index (κ2) is 9.14. The van der Waals surface area contributed by atoms with Gasteiger partial charge in [0.15, 0.2) is 0 Å². The highest BCUT2D eigenvalue weighted by molar-refractivity contribution is 6.02. The molecule has 0 bridgehead atoms. The van der Waals surface area contributed by atoms with Gasteiger partial charge in [-0.1, -0.05) is 48.6 Å². The standard InChI is InChI=1S/C22H25N3O2/c1-3-4-10-16(2)18-19-21(23-13-8-9-14-26)24-15-25-22(19)27-20(18)17-11-6-5-7-12-17/h3-7,10-12,15,26H,8-9,13-14H2,1-2H3,(H,23,24,25)/b4-3-,16-10+. The van der Waals surface area contributed by atoms with E-state index in [-0.39, 0.29) is 6.61 Å². The SMILES string of the molecule is C/C=C\C=C(/C)c1c(-c2ccccc2)oc2ncnc(NCCCCO)c12. The van der Waals surface area contributed by atoms with Gasteiger partial charge in [0, 0.05) is 24.3 Å². The summed E-state index contributed by atoms with van der Waals surface area (Å²) in [7, 11) is 0. The van der Waals surface area contributed by atoms with Crippen LogP contribution >= 0.6 is 0 Å². The fraction of sp³-hybridized carbons (Fsp3) is 0.273. The van der Waals surface area contributed by atoms with Crippen molar-refractivity contribution in [2.75, 3.05) is 18.5 Å². The zero-order chi connectivity index (χ0) is 19.1. The second-order valence-electron chi connectivity index (χ2n) is 6.31. The summed E-state index contributed by atoms with van der Waals surface area (Å²) in [4.78, 5) is 8.80. The Morgan fingerprint density at radius 3 is 2.74 bits per heavy atom. The van der Waals surface area contributed by atoms with Crippen LogP contribution in [0.5, 0.6) is 0 Å². The van der Waals surface area contributed by atoms with Gasteiger partial charge in [-0.3, -0.25) is 0 Å². The molecule has 2 aromatic heterocycles. The molecular weight excluding hydrogens is 338 g/mol. The molecule has 140 valence electrons. The topological polar surface area (TPSA) is 71.2 Å². The van der Waals surface area contributed by atoms with Crippen LogP contribution in [0.4, 0.5) is 5.82 Å². The molecule has 0 saturated heterocycles. The quantitative estimate of drug-likeness (QED) is 0.433. The van der Waals surface area contributed by atoms with Crippen LogP contribution in [0.3, 0.4) is 0 Å². The van der Waals surface area contributed by atoms with Crippen molar-refractivity contribution in [1.29, 1.82) is 0 Å². The third-order valence-electron chi connectivity index (χ3n) is 4.33. The van der Waals surface area contributed by atoms with Crippen LogP contribution in [-0.4, -0.2) is 28.2 Å². The highest BCUT2D eigenvalue weighted by atomic mass is 16.3. The van der Waals surface area contributed by atoms with Crippen molar-refractivity contribution in [1.82, 2.24) is 9.97 Å². The molecule has 3 aromatic rings. The van der Waals surface area contributed by atoms with Gasteiger partial charge in [0.1, 0.15) is 17.9 Å². The van der Waals surface area contributed by atoms with Crippen molar-refractivity contribution in [3.8, 4) is 11.3 Å². The fourth-order valence-corrected chi connectivity index (χ4v) is 3.00. The third-order valence-corrected chi connectivity index (χ3v) is 4.33. The molecule has 0 aliphatic carbocycles. The number of unbranched alkanes of at least 4 members (excludes halogenated alkanes) is 1. The smallest absolute Gasteiger partial charge is 0.232 e. The average molecular weight is 363 g/mol. The average Bonchev–Trinajstić information content (AvgIpc) is 3.10. The first kappa shape index (κ1) is 18.9. The van der Waals surface area contributed by atoms with Gasteiger partial charge in [0.25, 0.3) is 0 Å². The maximum absolute atomic E-state index is 8.98. The molecule has 0 unspecified atom stereocenters. The highest BCUT2D eigenvalue weighted by Gasteiger charge is 2.21. The molecule has 0 aliphatic heterocycles. The third kappa shape index (κ3) is 4.26. The van der Waals surface area contributed by atoms with E-state index in [4.69, 9.17) is 9.52 Å². The Bertz CT molecular complexity index is 943. The first-order chi connectivity index (χ1) is 13.3. The zero-order valence-corrected chi connectivity index (χ0v) is 15.8. The number of benzene rings is 1. The van der Waals surface area contributed by atoms with Crippen LogP contribution in [0, 0.1) is 0 Å². The summed E-state index contributed by atoms with van der Waals surface area (Å²) in [6, 6.07) is 10.0. The molecule has 0 amide bonds. The number of furan rings is 1. The first-order valence-corrected chi connectivity index (χ1v) is 9.24. The number of aliphatic hydroxyl groups is 1. The molecule has 0 radical (unpaired) electrons.